The van der Waals surface area contributed by atoms with Crippen LogP contribution < -0.4 is 0 Å². The normalized spacial score (nSPS) is 10.7. The van der Waals surface area contributed by atoms with Crippen LogP contribution >= 0.6 is 0 Å². The summed E-state index contributed by atoms with van der Waals surface area (Å²) in [6.07, 6.45) is 1.64. The van der Waals surface area contributed by atoms with Gasteiger partial charge in [-0.15, -0.1) is 0 Å². The second-order valence-electron chi connectivity index (χ2n) is 4.29. The predicted octanol–water partition coefficient (Wildman–Crippen LogP) is 2.95. The maximum absolute atomic E-state index is 13.0. The molecule has 0 radical (unpaired) electrons. The number of rotatable bonds is 2. The molecule has 0 saturated heterocycles. The standard InChI is InChI=1S/C15H11FN2O2/c1-20-15(19)10-2-7-13-14(8-10)18(9-17-13)12-5-3-11(16)4-6-12/h2-9H,1H3. The predicted molar refractivity (Wildman–Crippen MR) is 72.4 cm³/mol. The van der Waals surface area contributed by atoms with Crippen molar-refractivity contribution in [2.45, 2.75) is 0 Å². The van der Waals surface area contributed by atoms with Crippen LogP contribution in [0.4, 0.5) is 4.39 Å². The average Bonchev–Trinajstić information content (AvgIpc) is 2.90. The van der Waals surface area contributed by atoms with Gasteiger partial charge < -0.3 is 4.74 Å². The van der Waals surface area contributed by atoms with Crippen molar-refractivity contribution in [3.8, 4) is 5.69 Å². The van der Waals surface area contributed by atoms with Crippen LogP contribution in [-0.2, 0) is 4.74 Å². The van der Waals surface area contributed by atoms with Crippen molar-refractivity contribution < 1.29 is 13.9 Å². The van der Waals surface area contributed by atoms with Gasteiger partial charge in [-0.2, -0.15) is 0 Å². The largest absolute Gasteiger partial charge is 0.465 e. The van der Waals surface area contributed by atoms with Crippen molar-refractivity contribution in [2.24, 2.45) is 0 Å². The SMILES string of the molecule is COC(=O)c1ccc2ncn(-c3ccc(F)cc3)c2c1. The van der Waals surface area contributed by atoms with Crippen molar-refractivity contribution in [1.82, 2.24) is 9.55 Å². The lowest BCUT2D eigenvalue weighted by Gasteiger charge is -2.05. The van der Waals surface area contributed by atoms with Gasteiger partial charge in [-0.3, -0.25) is 4.57 Å². The van der Waals surface area contributed by atoms with Crippen molar-refractivity contribution in [1.29, 1.82) is 0 Å². The number of hydrogen-bond donors (Lipinski definition) is 0. The molecule has 1 heterocycles. The number of carbonyl (C=O) groups excluding carboxylic acids is 1. The molecule has 0 aliphatic rings. The van der Waals surface area contributed by atoms with Gasteiger partial charge in [0.05, 0.1) is 23.7 Å². The summed E-state index contributed by atoms with van der Waals surface area (Å²) < 4.78 is 19.5. The van der Waals surface area contributed by atoms with E-state index in [0.717, 1.165) is 16.7 Å². The van der Waals surface area contributed by atoms with Gasteiger partial charge in [-0.25, -0.2) is 14.2 Å². The van der Waals surface area contributed by atoms with E-state index in [2.05, 4.69) is 4.98 Å². The molecule has 0 saturated carbocycles. The smallest absolute Gasteiger partial charge is 0.337 e. The summed E-state index contributed by atoms with van der Waals surface area (Å²) in [5, 5.41) is 0. The summed E-state index contributed by atoms with van der Waals surface area (Å²) in [7, 11) is 1.34. The van der Waals surface area contributed by atoms with Crippen molar-refractivity contribution in [3.63, 3.8) is 0 Å². The Hall–Kier alpha value is -2.69. The van der Waals surface area contributed by atoms with Crippen LogP contribution in [0.25, 0.3) is 16.7 Å². The fraction of sp³-hybridized carbons (Fsp3) is 0.0667. The van der Waals surface area contributed by atoms with Gasteiger partial charge in [0, 0.05) is 5.69 Å². The van der Waals surface area contributed by atoms with Crippen molar-refractivity contribution in [2.75, 3.05) is 7.11 Å². The number of nitrogens with zero attached hydrogens (tertiary/aromatic N) is 2. The second kappa shape index (κ2) is 4.77. The number of benzene rings is 2. The summed E-state index contributed by atoms with van der Waals surface area (Å²) in [6.45, 7) is 0. The van der Waals surface area contributed by atoms with Crippen LogP contribution in [0.1, 0.15) is 10.4 Å². The maximum Gasteiger partial charge on any atom is 0.337 e. The molecule has 3 aromatic rings. The van der Waals surface area contributed by atoms with Gasteiger partial charge >= 0.3 is 5.97 Å². The van der Waals surface area contributed by atoms with Crippen LogP contribution in [0.15, 0.2) is 48.8 Å². The molecule has 20 heavy (non-hydrogen) atoms. The van der Waals surface area contributed by atoms with E-state index in [1.54, 1.807) is 41.2 Å². The van der Waals surface area contributed by atoms with E-state index >= 15 is 0 Å². The van der Waals surface area contributed by atoms with Crippen LogP contribution in [-0.4, -0.2) is 22.6 Å². The lowest BCUT2D eigenvalue weighted by atomic mass is 10.2. The quantitative estimate of drug-likeness (QED) is 0.672. The number of aromatic nitrogens is 2. The molecule has 4 nitrogen and oxygen atoms in total. The zero-order valence-corrected chi connectivity index (χ0v) is 10.7. The average molecular weight is 270 g/mol. The summed E-state index contributed by atoms with van der Waals surface area (Å²) in [4.78, 5) is 15.8. The third-order valence-corrected chi connectivity index (χ3v) is 3.07. The highest BCUT2D eigenvalue weighted by molar-refractivity contribution is 5.93. The zero-order valence-electron chi connectivity index (χ0n) is 10.7. The molecular weight excluding hydrogens is 259 g/mol. The molecule has 0 fully saturated rings. The molecule has 0 unspecified atom stereocenters. The molecule has 5 heteroatoms. The Labute approximate surface area is 114 Å². The number of fused-ring (bicyclic) bond motifs is 1. The number of imidazole rings is 1. The number of methoxy groups -OCH3 is 1. The molecule has 2 aromatic carbocycles. The molecule has 1 aromatic heterocycles. The Morgan fingerprint density at radius 2 is 1.95 bits per heavy atom. The molecule has 0 aliphatic carbocycles. The number of ether oxygens (including phenoxy) is 1. The Kier molecular flexibility index (Phi) is 2.95. The Morgan fingerprint density at radius 3 is 2.65 bits per heavy atom. The third kappa shape index (κ3) is 2.03. The maximum atomic E-state index is 13.0. The molecule has 100 valence electrons. The minimum Gasteiger partial charge on any atom is -0.465 e. The zero-order chi connectivity index (χ0) is 14.1. The lowest BCUT2D eigenvalue weighted by Crippen LogP contribution is -2.01. The van der Waals surface area contributed by atoms with E-state index in [0.29, 0.717) is 5.56 Å². The van der Waals surface area contributed by atoms with Crippen molar-refractivity contribution in [3.05, 3.63) is 60.2 Å². The van der Waals surface area contributed by atoms with Gasteiger partial charge in [0.1, 0.15) is 12.1 Å². The van der Waals surface area contributed by atoms with Gasteiger partial charge in [-0.1, -0.05) is 0 Å². The molecular formula is C15H11FN2O2. The molecule has 0 bridgehead atoms. The summed E-state index contributed by atoms with van der Waals surface area (Å²) in [6, 6.07) is 11.2. The number of esters is 1. The molecule has 3 rings (SSSR count). The fourth-order valence-corrected chi connectivity index (χ4v) is 2.06. The number of hydrogen-bond acceptors (Lipinski definition) is 3. The van der Waals surface area contributed by atoms with E-state index < -0.39 is 5.97 Å². The van der Waals surface area contributed by atoms with Crippen LogP contribution in [0.5, 0.6) is 0 Å². The van der Waals surface area contributed by atoms with Gasteiger partial charge in [-0.05, 0) is 42.5 Å². The summed E-state index contributed by atoms with van der Waals surface area (Å²) in [5.74, 6) is -0.702. The van der Waals surface area contributed by atoms with Gasteiger partial charge in [0.25, 0.3) is 0 Å². The minimum atomic E-state index is -0.404. The lowest BCUT2D eigenvalue weighted by molar-refractivity contribution is 0.0601. The minimum absolute atomic E-state index is 0.298. The molecule has 0 spiro atoms. The summed E-state index contributed by atoms with van der Waals surface area (Å²) >= 11 is 0. The van der Waals surface area contributed by atoms with Crippen LogP contribution in [0.3, 0.4) is 0 Å². The fourth-order valence-electron chi connectivity index (χ4n) is 2.06. The molecule has 0 N–H and O–H groups in total. The van der Waals surface area contributed by atoms with Gasteiger partial charge in [0.2, 0.25) is 0 Å². The molecule has 0 aliphatic heterocycles. The first-order valence-corrected chi connectivity index (χ1v) is 6.00. The Bertz CT molecular complexity index is 778. The number of carbonyl (C=O) groups is 1. The Balaban J connectivity index is 2.16. The summed E-state index contributed by atoms with van der Waals surface area (Å²) in [5.41, 5.74) is 2.74. The molecule has 0 atom stereocenters. The molecule has 0 amide bonds. The first-order chi connectivity index (χ1) is 9.69. The van der Waals surface area contributed by atoms with E-state index in [4.69, 9.17) is 4.74 Å². The van der Waals surface area contributed by atoms with E-state index in [-0.39, 0.29) is 5.82 Å². The van der Waals surface area contributed by atoms with Crippen LogP contribution in [0.2, 0.25) is 0 Å². The number of halogens is 1. The van der Waals surface area contributed by atoms with Gasteiger partial charge in [0.15, 0.2) is 0 Å². The third-order valence-electron chi connectivity index (χ3n) is 3.07. The second-order valence-corrected chi connectivity index (χ2v) is 4.29. The van der Waals surface area contributed by atoms with Crippen LogP contribution in [0, 0.1) is 5.82 Å². The van der Waals surface area contributed by atoms with E-state index in [1.807, 2.05) is 0 Å². The van der Waals surface area contributed by atoms with Crippen molar-refractivity contribution >= 4 is 17.0 Å². The highest BCUT2D eigenvalue weighted by Gasteiger charge is 2.10. The first-order valence-electron chi connectivity index (χ1n) is 6.00. The Morgan fingerprint density at radius 1 is 1.20 bits per heavy atom. The topological polar surface area (TPSA) is 44.1 Å². The highest BCUT2D eigenvalue weighted by Crippen LogP contribution is 2.20. The van der Waals surface area contributed by atoms with E-state index in [9.17, 15) is 9.18 Å². The monoisotopic (exact) mass is 270 g/mol. The highest BCUT2D eigenvalue weighted by atomic mass is 19.1. The first kappa shape index (κ1) is 12.3. The van der Waals surface area contributed by atoms with E-state index in [1.165, 1.54) is 19.2 Å².